The van der Waals surface area contributed by atoms with Crippen LogP contribution in [-0.4, -0.2) is 31.6 Å². The topological polar surface area (TPSA) is 64.6 Å². The highest BCUT2D eigenvalue weighted by Gasteiger charge is 2.43. The van der Waals surface area contributed by atoms with Crippen molar-refractivity contribution in [2.45, 2.75) is 5.92 Å². The van der Waals surface area contributed by atoms with Crippen molar-refractivity contribution in [3.05, 3.63) is 55.2 Å². The molecule has 0 radical (unpaired) electrons. The molecule has 1 aromatic carbocycles. The molecule has 118 valence electrons. The largest absolute Gasteiger partial charge is 0.456 e. The lowest BCUT2D eigenvalue weighted by Gasteiger charge is -2.31. The first-order chi connectivity index (χ1) is 11.1. The first-order valence-corrected chi connectivity index (χ1v) is 8.61. The molecule has 0 aromatic heterocycles. The molecule has 3 aliphatic heterocycles. The van der Waals surface area contributed by atoms with Gasteiger partial charge in [-0.1, -0.05) is 6.07 Å². The van der Waals surface area contributed by atoms with Crippen molar-refractivity contribution in [3.63, 3.8) is 0 Å². The van der Waals surface area contributed by atoms with E-state index in [-0.39, 0.29) is 25.0 Å². The maximum absolute atomic E-state index is 12.4. The van der Waals surface area contributed by atoms with Crippen LogP contribution in [0.4, 0.5) is 0 Å². The highest BCUT2D eigenvalue weighted by molar-refractivity contribution is 9.13. The Labute approximate surface area is 149 Å². The number of esters is 1. The van der Waals surface area contributed by atoms with Crippen molar-refractivity contribution in [3.8, 4) is 0 Å². The number of ether oxygens (including phenoxy) is 2. The zero-order valence-electron chi connectivity index (χ0n) is 11.8. The van der Waals surface area contributed by atoms with Crippen LogP contribution < -0.4 is 5.32 Å². The zero-order valence-corrected chi connectivity index (χ0v) is 15.0. The van der Waals surface area contributed by atoms with E-state index in [9.17, 15) is 9.59 Å². The highest BCUT2D eigenvalue weighted by atomic mass is 79.9. The van der Waals surface area contributed by atoms with E-state index < -0.39 is 5.92 Å². The van der Waals surface area contributed by atoms with Crippen LogP contribution in [0.1, 0.15) is 11.5 Å². The van der Waals surface area contributed by atoms with Gasteiger partial charge >= 0.3 is 5.97 Å². The molecule has 0 bridgehead atoms. The summed E-state index contributed by atoms with van der Waals surface area (Å²) in [5.74, 6) is -0.895. The predicted molar refractivity (Wildman–Crippen MR) is 88.6 cm³/mol. The number of Topliss-reactive ketones (excluding diaryl/α,β-unsaturated/α-hetero) is 1. The summed E-state index contributed by atoms with van der Waals surface area (Å²) in [6.45, 7) is 0.569. The highest BCUT2D eigenvalue weighted by Crippen LogP contribution is 2.43. The van der Waals surface area contributed by atoms with Crippen molar-refractivity contribution in [1.29, 1.82) is 0 Å². The van der Waals surface area contributed by atoms with Crippen LogP contribution in [0.3, 0.4) is 0 Å². The first kappa shape index (κ1) is 15.1. The van der Waals surface area contributed by atoms with Gasteiger partial charge in [0.05, 0.1) is 17.9 Å². The number of cyclic esters (lactones) is 1. The molecule has 1 N–H and O–H groups in total. The van der Waals surface area contributed by atoms with E-state index in [0.717, 1.165) is 25.9 Å². The molecule has 0 amide bonds. The number of carbonyl (C=O) groups excluding carboxylic acids is 2. The standard InChI is InChI=1S/C16H11Br2NO4/c17-8-2-1-7(3-9(8)18)13-14-10(4-22-6-12(14)20)19-11-5-23-16(21)15(11)13/h1-3,13,19H,4-6H2. The third-order valence-corrected chi connectivity index (χ3v) is 6.03. The summed E-state index contributed by atoms with van der Waals surface area (Å²) >= 11 is 6.92. The number of hydrogen-bond acceptors (Lipinski definition) is 5. The van der Waals surface area contributed by atoms with Crippen molar-refractivity contribution in [2.24, 2.45) is 0 Å². The van der Waals surface area contributed by atoms with E-state index >= 15 is 0 Å². The van der Waals surface area contributed by atoms with Crippen molar-refractivity contribution in [2.75, 3.05) is 19.8 Å². The summed E-state index contributed by atoms with van der Waals surface area (Å²) in [7, 11) is 0. The first-order valence-electron chi connectivity index (χ1n) is 7.02. The number of carbonyl (C=O) groups is 2. The number of rotatable bonds is 1. The molecule has 0 fully saturated rings. The Hall–Kier alpha value is -1.44. The van der Waals surface area contributed by atoms with Crippen LogP contribution in [-0.2, 0) is 19.1 Å². The summed E-state index contributed by atoms with van der Waals surface area (Å²) in [5.41, 5.74) is 3.44. The SMILES string of the molecule is O=C1COCC2=C1C(c1ccc(Br)c(Br)c1)C1=C(COC1=O)N2. The Morgan fingerprint density at radius 1 is 1.00 bits per heavy atom. The van der Waals surface area contributed by atoms with E-state index in [2.05, 4.69) is 37.2 Å². The minimum Gasteiger partial charge on any atom is -0.456 e. The summed E-state index contributed by atoms with van der Waals surface area (Å²) in [4.78, 5) is 24.7. The van der Waals surface area contributed by atoms with Crippen molar-refractivity contribution in [1.82, 2.24) is 5.32 Å². The second-order valence-electron chi connectivity index (χ2n) is 5.51. The normalized spacial score (nSPS) is 23.5. The van der Waals surface area contributed by atoms with Crippen LogP contribution in [0.5, 0.6) is 0 Å². The summed E-state index contributed by atoms with van der Waals surface area (Å²) < 4.78 is 12.3. The van der Waals surface area contributed by atoms with E-state index in [4.69, 9.17) is 9.47 Å². The minimum atomic E-state index is -0.419. The molecule has 0 spiro atoms. The molecule has 5 nitrogen and oxygen atoms in total. The Morgan fingerprint density at radius 2 is 1.78 bits per heavy atom. The van der Waals surface area contributed by atoms with Gasteiger partial charge in [0.2, 0.25) is 0 Å². The molecule has 3 heterocycles. The fourth-order valence-electron chi connectivity index (χ4n) is 3.17. The fraction of sp³-hybridized carbons (Fsp3) is 0.250. The maximum atomic E-state index is 12.4. The van der Waals surface area contributed by atoms with Gasteiger partial charge in [-0.15, -0.1) is 0 Å². The number of hydrogen-bond donors (Lipinski definition) is 1. The minimum absolute atomic E-state index is 0.0341. The lowest BCUT2D eigenvalue weighted by atomic mass is 9.78. The summed E-state index contributed by atoms with van der Waals surface area (Å²) in [6.07, 6.45) is 0. The van der Waals surface area contributed by atoms with Crippen molar-refractivity contribution < 1.29 is 19.1 Å². The molecule has 0 saturated heterocycles. The number of ketones is 1. The fourth-order valence-corrected chi connectivity index (χ4v) is 3.82. The van der Waals surface area contributed by atoms with Gasteiger partial charge in [-0.25, -0.2) is 4.79 Å². The third-order valence-electron chi connectivity index (χ3n) is 4.15. The summed E-state index contributed by atoms with van der Waals surface area (Å²) in [5, 5.41) is 3.15. The third kappa shape index (κ3) is 2.38. The predicted octanol–water partition coefficient (Wildman–Crippen LogP) is 2.56. The zero-order chi connectivity index (χ0) is 16.1. The average Bonchev–Trinajstić information content (AvgIpc) is 2.90. The number of dihydropyridines is 1. The molecule has 23 heavy (non-hydrogen) atoms. The molecule has 4 rings (SSSR count). The van der Waals surface area contributed by atoms with Crippen LogP contribution in [0, 0.1) is 0 Å². The molecule has 7 heteroatoms. The van der Waals surface area contributed by atoms with E-state index in [1.54, 1.807) is 0 Å². The van der Waals surface area contributed by atoms with Gasteiger partial charge in [0.1, 0.15) is 13.2 Å². The van der Waals surface area contributed by atoms with Crippen LogP contribution in [0.15, 0.2) is 49.7 Å². The lowest BCUT2D eigenvalue weighted by Crippen LogP contribution is -2.37. The van der Waals surface area contributed by atoms with Gasteiger partial charge < -0.3 is 14.8 Å². The maximum Gasteiger partial charge on any atom is 0.337 e. The van der Waals surface area contributed by atoms with E-state index in [1.807, 2.05) is 18.2 Å². The second-order valence-corrected chi connectivity index (χ2v) is 7.22. The average molecular weight is 441 g/mol. The number of nitrogens with one attached hydrogen (secondary N) is 1. The van der Waals surface area contributed by atoms with Gasteiger partial charge in [-0.2, -0.15) is 0 Å². The molecule has 3 aliphatic rings. The Balaban J connectivity index is 1.91. The monoisotopic (exact) mass is 439 g/mol. The van der Waals surface area contributed by atoms with Crippen LogP contribution >= 0.6 is 31.9 Å². The number of benzene rings is 1. The lowest BCUT2D eigenvalue weighted by molar-refractivity contribution is -0.136. The molecule has 1 atom stereocenters. The molecule has 0 aliphatic carbocycles. The van der Waals surface area contributed by atoms with Gasteiger partial charge in [0.25, 0.3) is 0 Å². The van der Waals surface area contributed by atoms with Crippen molar-refractivity contribution >= 4 is 43.6 Å². The van der Waals surface area contributed by atoms with Gasteiger partial charge in [0.15, 0.2) is 5.78 Å². The smallest absolute Gasteiger partial charge is 0.337 e. The van der Waals surface area contributed by atoms with Crippen LogP contribution in [0.2, 0.25) is 0 Å². The van der Waals surface area contributed by atoms with E-state index in [1.165, 1.54) is 0 Å². The Morgan fingerprint density at radius 3 is 2.57 bits per heavy atom. The van der Waals surface area contributed by atoms with Crippen LogP contribution in [0.25, 0.3) is 0 Å². The molecule has 1 unspecified atom stereocenters. The molecular formula is C16H11Br2NO4. The molecular weight excluding hydrogens is 430 g/mol. The summed E-state index contributed by atoms with van der Waals surface area (Å²) in [6, 6.07) is 5.73. The molecule has 1 aromatic rings. The Bertz CT molecular complexity index is 812. The second kappa shape index (κ2) is 5.58. The van der Waals surface area contributed by atoms with Gasteiger partial charge in [-0.05, 0) is 49.6 Å². The van der Waals surface area contributed by atoms with Gasteiger partial charge in [-0.3, -0.25) is 4.79 Å². The van der Waals surface area contributed by atoms with Gasteiger partial charge in [0, 0.05) is 26.1 Å². The Kier molecular flexibility index (Phi) is 3.66. The quantitative estimate of drug-likeness (QED) is 0.680. The molecule has 0 saturated carbocycles. The van der Waals surface area contributed by atoms with E-state index in [0.29, 0.717) is 17.8 Å². The number of halogens is 2.